The summed E-state index contributed by atoms with van der Waals surface area (Å²) in [5.74, 6) is 1.51. The maximum absolute atomic E-state index is 13.1. The van der Waals surface area contributed by atoms with E-state index in [0.29, 0.717) is 24.5 Å². The number of pyridine rings is 1. The SMILES string of the molecule is CCN(C(=O)c1ccnc(NCCc2cccc(OC)c2)c1)c1cccc(C)c1. The van der Waals surface area contributed by atoms with Crippen LogP contribution in [0.3, 0.4) is 0 Å². The molecule has 0 saturated carbocycles. The van der Waals surface area contributed by atoms with E-state index in [4.69, 9.17) is 4.74 Å². The lowest BCUT2D eigenvalue weighted by molar-refractivity contribution is 0.0988. The molecule has 0 atom stereocenters. The van der Waals surface area contributed by atoms with E-state index in [0.717, 1.165) is 23.4 Å². The number of aromatic nitrogens is 1. The summed E-state index contributed by atoms with van der Waals surface area (Å²) in [7, 11) is 1.67. The molecule has 0 fully saturated rings. The van der Waals surface area contributed by atoms with E-state index in [1.807, 2.05) is 62.4 Å². The van der Waals surface area contributed by atoms with Gasteiger partial charge in [-0.05, 0) is 67.8 Å². The van der Waals surface area contributed by atoms with E-state index >= 15 is 0 Å². The number of carbonyl (C=O) groups excluding carboxylic acids is 1. The van der Waals surface area contributed by atoms with Gasteiger partial charge in [0.05, 0.1) is 7.11 Å². The largest absolute Gasteiger partial charge is 0.497 e. The second-order valence-electron chi connectivity index (χ2n) is 6.85. The van der Waals surface area contributed by atoms with Crippen molar-refractivity contribution in [1.82, 2.24) is 4.98 Å². The van der Waals surface area contributed by atoms with Crippen molar-refractivity contribution in [1.29, 1.82) is 0 Å². The minimum atomic E-state index is -0.0312. The van der Waals surface area contributed by atoms with Gasteiger partial charge in [0.15, 0.2) is 0 Å². The summed E-state index contributed by atoms with van der Waals surface area (Å²) in [5, 5.41) is 3.31. The normalized spacial score (nSPS) is 10.4. The Morgan fingerprint density at radius 2 is 1.93 bits per heavy atom. The zero-order valence-corrected chi connectivity index (χ0v) is 17.2. The topological polar surface area (TPSA) is 54.5 Å². The molecule has 0 unspecified atom stereocenters. The average molecular weight is 389 g/mol. The first-order valence-electron chi connectivity index (χ1n) is 9.82. The zero-order chi connectivity index (χ0) is 20.6. The fraction of sp³-hybridized carbons (Fsp3) is 0.250. The van der Waals surface area contributed by atoms with E-state index < -0.39 is 0 Å². The van der Waals surface area contributed by atoms with Crippen LogP contribution >= 0.6 is 0 Å². The van der Waals surface area contributed by atoms with Crippen molar-refractivity contribution in [3.05, 3.63) is 83.6 Å². The Morgan fingerprint density at radius 3 is 2.69 bits per heavy atom. The average Bonchev–Trinajstić information content (AvgIpc) is 2.75. The molecule has 0 saturated heterocycles. The number of hydrogen-bond donors (Lipinski definition) is 1. The Balaban J connectivity index is 1.67. The summed E-state index contributed by atoms with van der Waals surface area (Å²) in [5.41, 5.74) is 3.83. The van der Waals surface area contributed by atoms with Crippen molar-refractivity contribution < 1.29 is 9.53 Å². The highest BCUT2D eigenvalue weighted by Gasteiger charge is 2.16. The van der Waals surface area contributed by atoms with Crippen molar-refractivity contribution in [3.63, 3.8) is 0 Å². The lowest BCUT2D eigenvalue weighted by Crippen LogP contribution is -2.30. The van der Waals surface area contributed by atoms with Crippen molar-refractivity contribution in [2.24, 2.45) is 0 Å². The van der Waals surface area contributed by atoms with Crippen LogP contribution in [0.1, 0.15) is 28.4 Å². The number of aryl methyl sites for hydroxylation is 1. The van der Waals surface area contributed by atoms with Crippen molar-refractivity contribution in [2.75, 3.05) is 30.4 Å². The van der Waals surface area contributed by atoms with E-state index in [1.54, 1.807) is 24.3 Å². The number of rotatable bonds is 8. The van der Waals surface area contributed by atoms with Crippen LogP contribution in [0.4, 0.5) is 11.5 Å². The van der Waals surface area contributed by atoms with E-state index in [1.165, 1.54) is 5.56 Å². The van der Waals surface area contributed by atoms with Gasteiger partial charge in [-0.2, -0.15) is 0 Å². The molecule has 2 aromatic carbocycles. The summed E-state index contributed by atoms with van der Waals surface area (Å²) >= 11 is 0. The zero-order valence-electron chi connectivity index (χ0n) is 17.2. The Labute approximate surface area is 172 Å². The molecule has 5 nitrogen and oxygen atoms in total. The highest BCUT2D eigenvalue weighted by Crippen LogP contribution is 2.19. The quantitative estimate of drug-likeness (QED) is 0.606. The summed E-state index contributed by atoms with van der Waals surface area (Å²) < 4.78 is 5.26. The van der Waals surface area contributed by atoms with Crippen molar-refractivity contribution >= 4 is 17.4 Å². The first-order chi connectivity index (χ1) is 14.1. The monoisotopic (exact) mass is 389 g/mol. The molecule has 3 rings (SSSR count). The molecule has 1 aromatic heterocycles. The smallest absolute Gasteiger partial charge is 0.258 e. The number of benzene rings is 2. The maximum Gasteiger partial charge on any atom is 0.258 e. The number of anilines is 2. The maximum atomic E-state index is 13.1. The summed E-state index contributed by atoms with van der Waals surface area (Å²) in [6, 6.07) is 19.6. The molecule has 3 aromatic rings. The number of ether oxygens (including phenoxy) is 1. The lowest BCUT2D eigenvalue weighted by Gasteiger charge is -2.21. The number of carbonyl (C=O) groups is 1. The third-order valence-electron chi connectivity index (χ3n) is 4.74. The molecular weight excluding hydrogens is 362 g/mol. The molecule has 1 N–H and O–H groups in total. The molecule has 0 spiro atoms. The predicted molar refractivity (Wildman–Crippen MR) is 118 cm³/mol. The highest BCUT2D eigenvalue weighted by molar-refractivity contribution is 6.06. The molecule has 0 aliphatic rings. The van der Waals surface area contributed by atoms with Gasteiger partial charge < -0.3 is 15.0 Å². The molecule has 29 heavy (non-hydrogen) atoms. The van der Waals surface area contributed by atoms with Gasteiger partial charge in [0.25, 0.3) is 5.91 Å². The van der Waals surface area contributed by atoms with Crippen LogP contribution in [-0.4, -0.2) is 31.1 Å². The van der Waals surface area contributed by atoms with Gasteiger partial charge in [-0.25, -0.2) is 4.98 Å². The Bertz CT molecular complexity index is 972. The molecular formula is C24H27N3O2. The van der Waals surface area contributed by atoms with Gasteiger partial charge in [-0.3, -0.25) is 4.79 Å². The van der Waals surface area contributed by atoms with Crippen molar-refractivity contribution in [2.45, 2.75) is 20.3 Å². The van der Waals surface area contributed by atoms with Gasteiger partial charge >= 0.3 is 0 Å². The second kappa shape index (κ2) is 9.73. The summed E-state index contributed by atoms with van der Waals surface area (Å²) in [6.07, 6.45) is 2.51. The minimum Gasteiger partial charge on any atom is -0.497 e. The fourth-order valence-electron chi connectivity index (χ4n) is 3.22. The predicted octanol–water partition coefficient (Wildman–Crippen LogP) is 4.72. The van der Waals surface area contributed by atoms with E-state index in [-0.39, 0.29) is 5.91 Å². The number of amides is 1. The van der Waals surface area contributed by atoms with Crippen LogP contribution in [-0.2, 0) is 6.42 Å². The molecule has 0 bridgehead atoms. The van der Waals surface area contributed by atoms with E-state index in [2.05, 4.69) is 16.4 Å². The first-order valence-corrected chi connectivity index (χ1v) is 9.82. The second-order valence-corrected chi connectivity index (χ2v) is 6.85. The van der Waals surface area contributed by atoms with Crippen LogP contribution in [0.25, 0.3) is 0 Å². The van der Waals surface area contributed by atoms with Gasteiger partial charge in [0, 0.05) is 30.5 Å². The fourth-order valence-corrected chi connectivity index (χ4v) is 3.22. The third-order valence-corrected chi connectivity index (χ3v) is 4.74. The number of nitrogens with zero attached hydrogens (tertiary/aromatic N) is 2. The Hall–Kier alpha value is -3.34. The molecule has 1 amide bonds. The van der Waals surface area contributed by atoms with Crippen LogP contribution in [0.2, 0.25) is 0 Å². The Kier molecular flexibility index (Phi) is 6.85. The number of methoxy groups -OCH3 is 1. The van der Waals surface area contributed by atoms with Gasteiger partial charge in [-0.1, -0.05) is 24.3 Å². The van der Waals surface area contributed by atoms with Crippen LogP contribution < -0.4 is 15.0 Å². The molecule has 0 radical (unpaired) electrons. The molecule has 1 heterocycles. The first kappa shape index (κ1) is 20.4. The van der Waals surface area contributed by atoms with Crippen LogP contribution in [0.5, 0.6) is 5.75 Å². The van der Waals surface area contributed by atoms with Gasteiger partial charge in [-0.15, -0.1) is 0 Å². The van der Waals surface area contributed by atoms with Gasteiger partial charge in [0.2, 0.25) is 0 Å². The molecule has 0 aliphatic carbocycles. The summed E-state index contributed by atoms with van der Waals surface area (Å²) in [4.78, 5) is 19.2. The van der Waals surface area contributed by atoms with Crippen LogP contribution in [0.15, 0.2) is 66.9 Å². The van der Waals surface area contributed by atoms with E-state index in [9.17, 15) is 4.79 Å². The molecule has 5 heteroatoms. The standard InChI is InChI=1S/C24H27N3O2/c1-4-27(21-9-5-7-18(2)15-21)24(28)20-12-14-26-23(17-20)25-13-11-19-8-6-10-22(16-19)29-3/h5-10,12,14-17H,4,11,13H2,1-3H3,(H,25,26). The summed E-state index contributed by atoms with van der Waals surface area (Å²) in [6.45, 7) is 5.32. The number of nitrogens with one attached hydrogen (secondary N) is 1. The molecule has 150 valence electrons. The minimum absolute atomic E-state index is 0.0312. The van der Waals surface area contributed by atoms with Crippen LogP contribution in [0, 0.1) is 6.92 Å². The Morgan fingerprint density at radius 1 is 1.10 bits per heavy atom. The van der Waals surface area contributed by atoms with Crippen molar-refractivity contribution in [3.8, 4) is 5.75 Å². The van der Waals surface area contributed by atoms with Gasteiger partial charge in [0.1, 0.15) is 11.6 Å². The molecule has 0 aliphatic heterocycles. The third kappa shape index (κ3) is 5.35. The lowest BCUT2D eigenvalue weighted by atomic mass is 10.1. The highest BCUT2D eigenvalue weighted by atomic mass is 16.5. The number of hydrogen-bond acceptors (Lipinski definition) is 4.